The molecule has 0 aliphatic heterocycles. The first-order chi connectivity index (χ1) is 8.62. The molecule has 0 amide bonds. The van der Waals surface area contributed by atoms with E-state index in [1.807, 2.05) is 32.0 Å². The summed E-state index contributed by atoms with van der Waals surface area (Å²) in [5.74, 6) is 1.68. The minimum atomic E-state index is -0.0712. The van der Waals surface area contributed by atoms with Crippen LogP contribution in [0, 0.1) is 5.92 Å². The van der Waals surface area contributed by atoms with Gasteiger partial charge in [0.15, 0.2) is 11.5 Å². The highest BCUT2D eigenvalue weighted by atomic mass is 16.5. The quantitative estimate of drug-likeness (QED) is 0.788. The van der Waals surface area contributed by atoms with Crippen molar-refractivity contribution in [3.63, 3.8) is 0 Å². The van der Waals surface area contributed by atoms with Gasteiger partial charge in [0.05, 0.1) is 26.9 Å². The first-order valence-electron chi connectivity index (χ1n) is 5.98. The van der Waals surface area contributed by atoms with E-state index in [0.717, 1.165) is 5.56 Å². The summed E-state index contributed by atoms with van der Waals surface area (Å²) in [7, 11) is 3.20. The molecule has 0 unspecified atom stereocenters. The van der Waals surface area contributed by atoms with E-state index in [1.54, 1.807) is 20.4 Å². The molecule has 4 heteroatoms. The topological polar surface area (TPSA) is 51.0 Å². The number of aliphatic hydroxyl groups excluding tert-OH is 1. The van der Waals surface area contributed by atoms with Crippen LogP contribution in [0.4, 0.5) is 0 Å². The van der Waals surface area contributed by atoms with Crippen LogP contribution in [0.1, 0.15) is 19.4 Å². The number of hydrogen-bond acceptors (Lipinski definition) is 4. The molecule has 100 valence electrons. The first kappa shape index (κ1) is 14.5. The average molecular weight is 251 g/mol. The highest BCUT2D eigenvalue weighted by molar-refractivity contribution is 5.81. The highest BCUT2D eigenvalue weighted by Crippen LogP contribution is 2.26. The second kappa shape index (κ2) is 7.01. The van der Waals surface area contributed by atoms with E-state index in [-0.39, 0.29) is 12.6 Å². The molecule has 1 aromatic carbocycles. The van der Waals surface area contributed by atoms with E-state index in [4.69, 9.17) is 9.47 Å². The molecule has 0 spiro atoms. The number of aliphatic imine (C=N–C) groups is 1. The summed E-state index contributed by atoms with van der Waals surface area (Å²) in [5, 5.41) is 9.20. The Hall–Kier alpha value is -1.55. The van der Waals surface area contributed by atoms with Crippen molar-refractivity contribution >= 4 is 6.21 Å². The van der Waals surface area contributed by atoms with Crippen molar-refractivity contribution in [2.45, 2.75) is 19.9 Å². The second-order valence-electron chi connectivity index (χ2n) is 4.39. The zero-order chi connectivity index (χ0) is 13.5. The third-order valence-electron chi connectivity index (χ3n) is 2.78. The van der Waals surface area contributed by atoms with Gasteiger partial charge in [0, 0.05) is 6.21 Å². The van der Waals surface area contributed by atoms with Crippen LogP contribution in [-0.4, -0.2) is 38.2 Å². The van der Waals surface area contributed by atoms with Gasteiger partial charge < -0.3 is 14.6 Å². The fourth-order valence-electron chi connectivity index (χ4n) is 1.55. The normalized spacial score (nSPS) is 13.0. The van der Waals surface area contributed by atoms with Gasteiger partial charge in [0.1, 0.15) is 0 Å². The monoisotopic (exact) mass is 251 g/mol. The van der Waals surface area contributed by atoms with Crippen LogP contribution in [0.2, 0.25) is 0 Å². The SMILES string of the molecule is COc1ccc(C=N[C@H](CO)C(C)C)cc1OC. The van der Waals surface area contributed by atoms with Crippen molar-refractivity contribution in [3.05, 3.63) is 23.8 Å². The molecule has 0 fully saturated rings. The van der Waals surface area contributed by atoms with Gasteiger partial charge in [-0.3, -0.25) is 4.99 Å². The molecule has 4 nitrogen and oxygen atoms in total. The zero-order valence-corrected chi connectivity index (χ0v) is 11.4. The Bertz CT molecular complexity index is 402. The summed E-state index contributed by atoms with van der Waals surface area (Å²) in [6.45, 7) is 4.13. The first-order valence-corrected chi connectivity index (χ1v) is 5.98. The van der Waals surface area contributed by atoms with E-state index in [1.165, 1.54) is 0 Å². The van der Waals surface area contributed by atoms with Crippen molar-refractivity contribution < 1.29 is 14.6 Å². The van der Waals surface area contributed by atoms with Gasteiger partial charge in [-0.05, 0) is 29.7 Å². The van der Waals surface area contributed by atoms with Crippen LogP contribution in [-0.2, 0) is 0 Å². The summed E-state index contributed by atoms with van der Waals surface area (Å²) in [4.78, 5) is 4.37. The van der Waals surface area contributed by atoms with Crippen LogP contribution in [0.5, 0.6) is 11.5 Å². The Balaban J connectivity index is 2.87. The van der Waals surface area contributed by atoms with Gasteiger partial charge in [0.25, 0.3) is 0 Å². The molecule has 0 aliphatic carbocycles. The summed E-state index contributed by atoms with van der Waals surface area (Å²) in [6.07, 6.45) is 1.75. The summed E-state index contributed by atoms with van der Waals surface area (Å²) < 4.78 is 10.4. The number of benzene rings is 1. The molecule has 0 aliphatic rings. The van der Waals surface area contributed by atoms with E-state index in [0.29, 0.717) is 17.4 Å². The maximum atomic E-state index is 9.20. The van der Waals surface area contributed by atoms with Crippen molar-refractivity contribution in [2.24, 2.45) is 10.9 Å². The lowest BCUT2D eigenvalue weighted by atomic mass is 10.1. The molecule has 18 heavy (non-hydrogen) atoms. The summed E-state index contributed by atoms with van der Waals surface area (Å²) >= 11 is 0. The van der Waals surface area contributed by atoms with Crippen molar-refractivity contribution in [3.8, 4) is 11.5 Å². The lowest BCUT2D eigenvalue weighted by molar-refractivity contribution is 0.240. The Morgan fingerprint density at radius 1 is 1.22 bits per heavy atom. The molecule has 0 saturated carbocycles. The standard InChI is InChI=1S/C14H21NO3/c1-10(2)12(9-16)15-8-11-5-6-13(17-3)14(7-11)18-4/h5-8,10,12,16H,9H2,1-4H3/t12-/m1/s1. The minimum Gasteiger partial charge on any atom is -0.493 e. The van der Waals surface area contributed by atoms with Crippen molar-refractivity contribution in [2.75, 3.05) is 20.8 Å². The van der Waals surface area contributed by atoms with Crippen molar-refractivity contribution in [1.29, 1.82) is 0 Å². The maximum Gasteiger partial charge on any atom is 0.161 e. The van der Waals surface area contributed by atoms with Gasteiger partial charge in [-0.2, -0.15) is 0 Å². The van der Waals surface area contributed by atoms with Gasteiger partial charge in [-0.25, -0.2) is 0 Å². The number of aliphatic hydroxyl groups is 1. The number of nitrogens with zero attached hydrogens (tertiary/aromatic N) is 1. The fourth-order valence-corrected chi connectivity index (χ4v) is 1.55. The number of rotatable bonds is 6. The van der Waals surface area contributed by atoms with Crippen molar-refractivity contribution in [1.82, 2.24) is 0 Å². The maximum absolute atomic E-state index is 9.20. The molecule has 1 atom stereocenters. The summed E-state index contributed by atoms with van der Waals surface area (Å²) in [6, 6.07) is 5.53. The molecule has 1 rings (SSSR count). The van der Waals surface area contributed by atoms with Crippen LogP contribution in [0.25, 0.3) is 0 Å². The molecule has 1 aromatic rings. The Morgan fingerprint density at radius 3 is 2.39 bits per heavy atom. The van der Waals surface area contributed by atoms with E-state index in [9.17, 15) is 5.11 Å². The molecule has 0 heterocycles. The van der Waals surface area contributed by atoms with Crippen LogP contribution >= 0.6 is 0 Å². The third kappa shape index (κ3) is 3.74. The number of methoxy groups -OCH3 is 2. The van der Waals surface area contributed by atoms with Crippen LogP contribution in [0.3, 0.4) is 0 Å². The second-order valence-corrected chi connectivity index (χ2v) is 4.39. The number of ether oxygens (including phenoxy) is 2. The largest absolute Gasteiger partial charge is 0.493 e. The predicted octanol–water partition coefficient (Wildman–Crippen LogP) is 2.14. The van der Waals surface area contributed by atoms with Gasteiger partial charge in [0.2, 0.25) is 0 Å². The summed E-state index contributed by atoms with van der Waals surface area (Å²) in [5.41, 5.74) is 0.923. The third-order valence-corrected chi connectivity index (χ3v) is 2.78. The lowest BCUT2D eigenvalue weighted by Gasteiger charge is -2.13. The molecule has 0 aromatic heterocycles. The Labute approximate surface area is 108 Å². The Morgan fingerprint density at radius 2 is 1.89 bits per heavy atom. The predicted molar refractivity (Wildman–Crippen MR) is 72.9 cm³/mol. The molecule has 0 bridgehead atoms. The molecule has 0 saturated heterocycles. The van der Waals surface area contributed by atoms with E-state index in [2.05, 4.69) is 4.99 Å². The highest BCUT2D eigenvalue weighted by Gasteiger charge is 2.09. The zero-order valence-electron chi connectivity index (χ0n) is 11.4. The fraction of sp³-hybridized carbons (Fsp3) is 0.500. The van der Waals surface area contributed by atoms with E-state index < -0.39 is 0 Å². The van der Waals surface area contributed by atoms with Gasteiger partial charge in [-0.1, -0.05) is 13.8 Å². The Kier molecular flexibility index (Phi) is 5.65. The molecule has 1 N–H and O–H groups in total. The minimum absolute atomic E-state index is 0.0570. The average Bonchev–Trinajstić information content (AvgIpc) is 2.38. The molecular formula is C14H21NO3. The molecule has 0 radical (unpaired) electrons. The number of hydrogen-bond donors (Lipinski definition) is 1. The smallest absolute Gasteiger partial charge is 0.161 e. The van der Waals surface area contributed by atoms with Crippen LogP contribution < -0.4 is 9.47 Å². The van der Waals surface area contributed by atoms with Gasteiger partial charge in [-0.15, -0.1) is 0 Å². The lowest BCUT2D eigenvalue weighted by Crippen LogP contribution is -2.17. The van der Waals surface area contributed by atoms with E-state index >= 15 is 0 Å². The molecular weight excluding hydrogens is 230 g/mol. The van der Waals surface area contributed by atoms with Crippen LogP contribution in [0.15, 0.2) is 23.2 Å². The van der Waals surface area contributed by atoms with Gasteiger partial charge >= 0.3 is 0 Å².